The molecular formula is C16H18N3+. The van der Waals surface area contributed by atoms with Crippen LogP contribution < -0.4 is 9.47 Å². The number of fused-ring (bicyclic) bond motifs is 1. The summed E-state index contributed by atoms with van der Waals surface area (Å²) < 4.78 is 2.13. The molecule has 0 fully saturated rings. The van der Waals surface area contributed by atoms with Gasteiger partial charge in [0.15, 0.2) is 0 Å². The van der Waals surface area contributed by atoms with Crippen molar-refractivity contribution in [1.29, 1.82) is 0 Å². The van der Waals surface area contributed by atoms with Gasteiger partial charge >= 0.3 is 0 Å². The third-order valence-corrected chi connectivity index (χ3v) is 3.53. The normalized spacial score (nSPS) is 10.9. The smallest absolute Gasteiger partial charge is 0.287 e. The second kappa shape index (κ2) is 4.43. The Bertz CT molecular complexity index is 708. The zero-order chi connectivity index (χ0) is 13.4. The highest BCUT2D eigenvalue weighted by molar-refractivity contribution is 5.85. The largest absolute Gasteiger partial charge is 0.377 e. The van der Waals surface area contributed by atoms with Gasteiger partial charge in [0.1, 0.15) is 5.52 Å². The fourth-order valence-corrected chi connectivity index (χ4v) is 2.39. The number of H-pyrrole nitrogens is 1. The number of nitrogens with zero attached hydrogens (tertiary/aromatic N) is 2. The Labute approximate surface area is 113 Å². The average Bonchev–Trinajstić information content (AvgIpc) is 2.77. The summed E-state index contributed by atoms with van der Waals surface area (Å²) >= 11 is 0. The highest BCUT2D eigenvalue weighted by Crippen LogP contribution is 2.21. The Hall–Kier alpha value is -2.29. The minimum absolute atomic E-state index is 1.13. The van der Waals surface area contributed by atoms with Gasteiger partial charge < -0.3 is 4.90 Å². The van der Waals surface area contributed by atoms with Crippen molar-refractivity contribution in [3.63, 3.8) is 0 Å². The van der Waals surface area contributed by atoms with Crippen molar-refractivity contribution in [3.8, 4) is 5.82 Å². The molecule has 3 aromatic rings. The van der Waals surface area contributed by atoms with Gasteiger partial charge in [0.05, 0.1) is 18.0 Å². The number of aryl methyl sites for hydroxylation is 1. The maximum atomic E-state index is 3.48. The number of pyridine rings is 1. The van der Waals surface area contributed by atoms with Gasteiger partial charge in [-0.3, -0.25) is 0 Å². The van der Waals surface area contributed by atoms with Gasteiger partial charge in [0.25, 0.3) is 5.82 Å². The van der Waals surface area contributed by atoms with Gasteiger partial charge in [-0.2, -0.15) is 0 Å². The Morgan fingerprint density at radius 3 is 2.32 bits per heavy atom. The second-order valence-electron chi connectivity index (χ2n) is 5.00. The fraction of sp³-hybridized carbons (Fsp3) is 0.188. The summed E-state index contributed by atoms with van der Waals surface area (Å²) in [5.41, 5.74) is 3.66. The van der Waals surface area contributed by atoms with Gasteiger partial charge in [-0.15, -0.1) is 0 Å². The molecule has 0 atom stereocenters. The summed E-state index contributed by atoms with van der Waals surface area (Å²) in [4.78, 5) is 5.58. The predicted octanol–water partition coefficient (Wildman–Crippen LogP) is 2.82. The van der Waals surface area contributed by atoms with Crippen LogP contribution in [0.3, 0.4) is 0 Å². The van der Waals surface area contributed by atoms with Crippen LogP contribution in [0.2, 0.25) is 0 Å². The van der Waals surface area contributed by atoms with Crippen LogP contribution in [-0.4, -0.2) is 19.1 Å². The molecule has 0 saturated heterocycles. The van der Waals surface area contributed by atoms with E-state index in [9.17, 15) is 0 Å². The molecular weight excluding hydrogens is 234 g/mol. The molecule has 3 nitrogen and oxygen atoms in total. The molecule has 1 aromatic carbocycles. The van der Waals surface area contributed by atoms with Crippen LogP contribution in [0.5, 0.6) is 0 Å². The van der Waals surface area contributed by atoms with E-state index >= 15 is 0 Å². The number of hydrogen-bond donors (Lipinski definition) is 1. The number of aromatic amines is 1. The number of benzene rings is 1. The molecule has 2 aromatic heterocycles. The van der Waals surface area contributed by atoms with Crippen LogP contribution in [0, 0.1) is 6.92 Å². The number of nitrogens with one attached hydrogen (secondary N) is 1. The van der Waals surface area contributed by atoms with Gasteiger partial charge in [-0.1, -0.05) is 18.2 Å². The molecule has 0 unspecified atom stereocenters. The van der Waals surface area contributed by atoms with E-state index in [2.05, 4.69) is 70.2 Å². The minimum Gasteiger partial charge on any atom is -0.377 e. The van der Waals surface area contributed by atoms with Gasteiger partial charge in [-0.25, -0.2) is 9.55 Å². The maximum Gasteiger partial charge on any atom is 0.287 e. The third kappa shape index (κ3) is 1.97. The van der Waals surface area contributed by atoms with Crippen molar-refractivity contribution < 1.29 is 4.57 Å². The Morgan fingerprint density at radius 2 is 1.68 bits per heavy atom. The number of anilines is 1. The van der Waals surface area contributed by atoms with Crippen LogP contribution in [0.1, 0.15) is 5.56 Å². The Balaban J connectivity index is 2.11. The lowest BCUT2D eigenvalue weighted by molar-refractivity contribution is -0.599. The lowest BCUT2D eigenvalue weighted by atomic mass is 10.2. The van der Waals surface area contributed by atoms with Gasteiger partial charge in [-0.05, 0) is 13.0 Å². The quantitative estimate of drug-likeness (QED) is 0.696. The van der Waals surface area contributed by atoms with Crippen molar-refractivity contribution in [3.05, 3.63) is 54.4 Å². The Kier molecular flexibility index (Phi) is 2.75. The molecule has 0 aliphatic heterocycles. The van der Waals surface area contributed by atoms with E-state index in [1.165, 1.54) is 22.2 Å². The van der Waals surface area contributed by atoms with Crippen molar-refractivity contribution >= 4 is 16.6 Å². The van der Waals surface area contributed by atoms with Gasteiger partial charge in [0, 0.05) is 37.3 Å². The number of rotatable bonds is 2. The average molecular weight is 252 g/mol. The van der Waals surface area contributed by atoms with Crippen LogP contribution in [0.25, 0.3) is 16.7 Å². The van der Waals surface area contributed by atoms with Crippen molar-refractivity contribution in [2.75, 3.05) is 19.0 Å². The molecule has 0 saturated carbocycles. The number of para-hydroxylation sites is 1. The molecule has 0 amide bonds. The first-order chi connectivity index (χ1) is 9.16. The number of hydrogen-bond acceptors (Lipinski definition) is 1. The lowest BCUT2D eigenvalue weighted by Gasteiger charge is -2.11. The monoisotopic (exact) mass is 252 g/mol. The summed E-state index contributed by atoms with van der Waals surface area (Å²) in [6, 6.07) is 12.6. The van der Waals surface area contributed by atoms with E-state index in [-0.39, 0.29) is 0 Å². The van der Waals surface area contributed by atoms with E-state index in [4.69, 9.17) is 0 Å². The molecule has 96 valence electrons. The maximum absolute atomic E-state index is 3.48. The van der Waals surface area contributed by atoms with Crippen LogP contribution in [0.4, 0.5) is 5.69 Å². The molecule has 0 bridgehead atoms. The first-order valence-corrected chi connectivity index (χ1v) is 6.43. The molecule has 0 spiro atoms. The van der Waals surface area contributed by atoms with E-state index < -0.39 is 0 Å². The second-order valence-corrected chi connectivity index (χ2v) is 5.00. The molecule has 0 aliphatic rings. The summed E-state index contributed by atoms with van der Waals surface area (Å²) in [5.74, 6) is 1.13. The van der Waals surface area contributed by atoms with E-state index in [1.54, 1.807) is 0 Å². The molecule has 0 radical (unpaired) electrons. The minimum atomic E-state index is 1.13. The van der Waals surface area contributed by atoms with E-state index in [0.29, 0.717) is 0 Å². The SMILES string of the molecule is Cc1c(-[n+]2ccc(N(C)C)cc2)[nH]c2ccccc12. The van der Waals surface area contributed by atoms with Crippen molar-refractivity contribution in [1.82, 2.24) is 4.98 Å². The first-order valence-electron chi connectivity index (χ1n) is 6.43. The highest BCUT2D eigenvalue weighted by atomic mass is 15.1. The van der Waals surface area contributed by atoms with Crippen LogP contribution in [0.15, 0.2) is 48.8 Å². The third-order valence-electron chi connectivity index (χ3n) is 3.53. The standard InChI is InChI=1S/C16H18N3/c1-12-14-6-4-5-7-15(14)17-16(12)19-10-8-13(9-11-19)18(2)3/h4-11,17H,1-3H3/q+1. The highest BCUT2D eigenvalue weighted by Gasteiger charge is 2.15. The van der Waals surface area contributed by atoms with E-state index in [1.807, 2.05) is 14.1 Å². The lowest BCUT2D eigenvalue weighted by Crippen LogP contribution is -2.31. The topological polar surface area (TPSA) is 22.9 Å². The summed E-state index contributed by atoms with van der Waals surface area (Å²) in [6.45, 7) is 2.15. The van der Waals surface area contributed by atoms with Crippen LogP contribution in [-0.2, 0) is 0 Å². The van der Waals surface area contributed by atoms with Gasteiger partial charge in [0.2, 0.25) is 0 Å². The van der Waals surface area contributed by atoms with Crippen LogP contribution >= 0.6 is 0 Å². The summed E-state index contributed by atoms with van der Waals surface area (Å²) in [5, 5.41) is 1.28. The molecule has 3 rings (SSSR count). The molecule has 1 N–H and O–H groups in total. The molecule has 3 heteroatoms. The molecule has 2 heterocycles. The fourth-order valence-electron chi connectivity index (χ4n) is 2.39. The zero-order valence-corrected chi connectivity index (χ0v) is 11.5. The first kappa shape index (κ1) is 11.8. The van der Waals surface area contributed by atoms with Crippen molar-refractivity contribution in [2.24, 2.45) is 0 Å². The summed E-state index contributed by atoms with van der Waals surface area (Å²) in [6.07, 6.45) is 4.18. The van der Waals surface area contributed by atoms with Crippen molar-refractivity contribution in [2.45, 2.75) is 6.92 Å². The molecule has 0 aliphatic carbocycles. The van der Waals surface area contributed by atoms with E-state index in [0.717, 1.165) is 5.82 Å². The molecule has 19 heavy (non-hydrogen) atoms. The predicted molar refractivity (Wildman–Crippen MR) is 78.9 cm³/mol. The Morgan fingerprint density at radius 1 is 1.00 bits per heavy atom. The number of aromatic nitrogens is 2. The summed E-state index contributed by atoms with van der Waals surface area (Å²) in [7, 11) is 4.10. The zero-order valence-electron chi connectivity index (χ0n) is 11.5.